The van der Waals surface area contributed by atoms with Gasteiger partial charge in [0.1, 0.15) is 5.75 Å². The number of hydrogen-bond acceptors (Lipinski definition) is 4. The maximum absolute atomic E-state index is 10.1. The van der Waals surface area contributed by atoms with Gasteiger partial charge in [-0.05, 0) is 45.0 Å². The number of hydrogen-bond donors (Lipinski definition) is 2. The number of benzene rings is 1. The van der Waals surface area contributed by atoms with E-state index < -0.39 is 6.10 Å². The molecule has 4 nitrogen and oxygen atoms in total. The van der Waals surface area contributed by atoms with Gasteiger partial charge in [-0.1, -0.05) is 12.1 Å². The molecule has 0 aromatic heterocycles. The highest BCUT2D eigenvalue weighted by atomic mass is 16.5. The quantitative estimate of drug-likeness (QED) is 0.754. The summed E-state index contributed by atoms with van der Waals surface area (Å²) in [7, 11) is 1.93. The maximum Gasteiger partial charge on any atom is 0.119 e. The number of likely N-dealkylation sites (N-methyl/N-ethyl adjacent to an activating group) is 1. The van der Waals surface area contributed by atoms with Crippen LogP contribution in [0.15, 0.2) is 24.3 Å². The van der Waals surface area contributed by atoms with E-state index in [1.54, 1.807) is 0 Å². The molecule has 1 rings (SSSR count). The van der Waals surface area contributed by atoms with Crippen molar-refractivity contribution in [3.05, 3.63) is 29.8 Å². The average Bonchev–Trinajstić information content (AvgIpc) is 2.36. The molecular weight excluding hydrogens is 242 g/mol. The van der Waals surface area contributed by atoms with E-state index in [1.165, 1.54) is 0 Å². The van der Waals surface area contributed by atoms with Crippen LogP contribution >= 0.6 is 0 Å². The predicted molar refractivity (Wildman–Crippen MR) is 76.4 cm³/mol. The molecule has 0 aliphatic heterocycles. The largest absolute Gasteiger partial charge is 0.491 e. The molecule has 1 atom stereocenters. The van der Waals surface area contributed by atoms with Gasteiger partial charge in [0.25, 0.3) is 0 Å². The van der Waals surface area contributed by atoms with Gasteiger partial charge < -0.3 is 19.8 Å². The lowest BCUT2D eigenvalue weighted by molar-refractivity contribution is 0.141. The molecule has 0 aliphatic rings. The molecule has 1 aromatic rings. The summed E-state index contributed by atoms with van der Waals surface area (Å²) in [5.41, 5.74) is 0.897. The van der Waals surface area contributed by atoms with E-state index in [0.29, 0.717) is 13.0 Å². The summed E-state index contributed by atoms with van der Waals surface area (Å²) < 4.78 is 5.56. The van der Waals surface area contributed by atoms with Crippen molar-refractivity contribution < 1.29 is 14.9 Å². The van der Waals surface area contributed by atoms with Gasteiger partial charge in [0.15, 0.2) is 0 Å². The van der Waals surface area contributed by atoms with Crippen molar-refractivity contribution in [1.29, 1.82) is 0 Å². The fourth-order valence-electron chi connectivity index (χ4n) is 1.83. The van der Waals surface area contributed by atoms with Crippen molar-refractivity contribution in [3.8, 4) is 5.75 Å². The zero-order valence-corrected chi connectivity index (χ0v) is 12.0. The monoisotopic (exact) mass is 267 g/mol. The van der Waals surface area contributed by atoms with Crippen molar-refractivity contribution >= 4 is 0 Å². The van der Waals surface area contributed by atoms with Gasteiger partial charge in [-0.2, -0.15) is 0 Å². The lowest BCUT2D eigenvalue weighted by Crippen LogP contribution is -2.24. The van der Waals surface area contributed by atoms with E-state index >= 15 is 0 Å². The molecule has 0 saturated carbocycles. The summed E-state index contributed by atoms with van der Waals surface area (Å²) >= 11 is 0. The standard InChI is InChI=1S/C15H25NO3/c1-12(2)19-14-6-4-13(5-7-14)15(18)8-9-16(3)10-11-17/h4-7,12,15,17-18H,8-11H2,1-3H3. The van der Waals surface area contributed by atoms with Crippen molar-refractivity contribution in [2.75, 3.05) is 26.7 Å². The number of aliphatic hydroxyl groups excluding tert-OH is 2. The normalized spacial score (nSPS) is 13.0. The van der Waals surface area contributed by atoms with Crippen LogP contribution in [-0.2, 0) is 0 Å². The van der Waals surface area contributed by atoms with Gasteiger partial charge in [-0.15, -0.1) is 0 Å². The first-order valence-corrected chi connectivity index (χ1v) is 6.77. The third-order valence-corrected chi connectivity index (χ3v) is 2.90. The predicted octanol–water partition coefficient (Wildman–Crippen LogP) is 1.82. The lowest BCUT2D eigenvalue weighted by Gasteiger charge is -2.18. The number of nitrogens with zero attached hydrogens (tertiary/aromatic N) is 1. The highest BCUT2D eigenvalue weighted by molar-refractivity contribution is 5.28. The van der Waals surface area contributed by atoms with E-state index in [-0.39, 0.29) is 12.7 Å². The van der Waals surface area contributed by atoms with E-state index in [1.807, 2.05) is 50.1 Å². The first-order valence-electron chi connectivity index (χ1n) is 6.77. The third-order valence-electron chi connectivity index (χ3n) is 2.90. The molecule has 0 aliphatic carbocycles. The first kappa shape index (κ1) is 16.0. The molecule has 108 valence electrons. The Hall–Kier alpha value is -1.10. The molecule has 0 spiro atoms. The zero-order valence-electron chi connectivity index (χ0n) is 12.0. The summed E-state index contributed by atoms with van der Waals surface area (Å²) in [5, 5.41) is 18.9. The first-order chi connectivity index (χ1) is 9.02. The fourth-order valence-corrected chi connectivity index (χ4v) is 1.83. The second-order valence-corrected chi connectivity index (χ2v) is 5.07. The van der Waals surface area contributed by atoms with Crippen LogP contribution in [-0.4, -0.2) is 48.0 Å². The van der Waals surface area contributed by atoms with Crippen LogP contribution < -0.4 is 4.74 Å². The van der Waals surface area contributed by atoms with Crippen LogP contribution in [0, 0.1) is 0 Å². The van der Waals surface area contributed by atoms with Gasteiger partial charge in [-0.25, -0.2) is 0 Å². The van der Waals surface area contributed by atoms with Crippen LogP contribution in [0.3, 0.4) is 0 Å². The van der Waals surface area contributed by atoms with Gasteiger partial charge in [0.05, 0.1) is 18.8 Å². The molecule has 0 radical (unpaired) electrons. The number of ether oxygens (including phenoxy) is 1. The molecule has 19 heavy (non-hydrogen) atoms. The van der Waals surface area contributed by atoms with Crippen molar-refractivity contribution in [2.45, 2.75) is 32.5 Å². The molecule has 0 bridgehead atoms. The molecule has 0 amide bonds. The molecule has 0 saturated heterocycles. The molecule has 0 heterocycles. The SMILES string of the molecule is CC(C)Oc1ccc(C(O)CCN(C)CCO)cc1. The third kappa shape index (κ3) is 6.05. The molecular formula is C15H25NO3. The Morgan fingerprint density at radius 2 is 1.79 bits per heavy atom. The zero-order chi connectivity index (χ0) is 14.3. The highest BCUT2D eigenvalue weighted by Crippen LogP contribution is 2.21. The topological polar surface area (TPSA) is 52.9 Å². The van der Waals surface area contributed by atoms with Crippen molar-refractivity contribution in [2.24, 2.45) is 0 Å². The maximum atomic E-state index is 10.1. The Morgan fingerprint density at radius 3 is 2.32 bits per heavy atom. The second kappa shape index (κ2) is 8.15. The summed E-state index contributed by atoms with van der Waals surface area (Å²) in [4.78, 5) is 2.00. The molecule has 1 unspecified atom stereocenters. The number of rotatable bonds is 8. The van der Waals surface area contributed by atoms with E-state index in [0.717, 1.165) is 17.9 Å². The van der Waals surface area contributed by atoms with Crippen LogP contribution in [0.1, 0.15) is 31.9 Å². The minimum absolute atomic E-state index is 0.147. The van der Waals surface area contributed by atoms with Gasteiger partial charge >= 0.3 is 0 Å². The smallest absolute Gasteiger partial charge is 0.119 e. The Morgan fingerprint density at radius 1 is 1.16 bits per heavy atom. The van der Waals surface area contributed by atoms with Crippen molar-refractivity contribution in [3.63, 3.8) is 0 Å². The second-order valence-electron chi connectivity index (χ2n) is 5.07. The fraction of sp³-hybridized carbons (Fsp3) is 0.600. The van der Waals surface area contributed by atoms with Gasteiger partial charge in [0.2, 0.25) is 0 Å². The average molecular weight is 267 g/mol. The Balaban J connectivity index is 2.46. The van der Waals surface area contributed by atoms with Crippen LogP contribution in [0.25, 0.3) is 0 Å². The highest BCUT2D eigenvalue weighted by Gasteiger charge is 2.09. The summed E-state index contributed by atoms with van der Waals surface area (Å²) in [6.45, 7) is 5.51. The van der Waals surface area contributed by atoms with E-state index in [9.17, 15) is 5.11 Å². The van der Waals surface area contributed by atoms with Gasteiger partial charge in [0, 0.05) is 13.1 Å². The lowest BCUT2D eigenvalue weighted by atomic mass is 10.1. The summed E-state index contributed by atoms with van der Waals surface area (Å²) in [5.74, 6) is 0.823. The molecule has 0 fully saturated rings. The van der Waals surface area contributed by atoms with E-state index in [2.05, 4.69) is 0 Å². The Kier molecular flexibility index (Phi) is 6.84. The van der Waals surface area contributed by atoms with Crippen LogP contribution in [0.5, 0.6) is 5.75 Å². The number of aliphatic hydroxyl groups is 2. The summed E-state index contributed by atoms with van der Waals surface area (Å²) in [6, 6.07) is 7.56. The van der Waals surface area contributed by atoms with Crippen molar-refractivity contribution in [1.82, 2.24) is 4.90 Å². The Bertz CT molecular complexity index is 351. The van der Waals surface area contributed by atoms with Gasteiger partial charge in [-0.3, -0.25) is 0 Å². The summed E-state index contributed by atoms with van der Waals surface area (Å²) in [6.07, 6.45) is 0.332. The molecule has 1 aromatic carbocycles. The van der Waals surface area contributed by atoms with E-state index in [4.69, 9.17) is 9.84 Å². The minimum Gasteiger partial charge on any atom is -0.491 e. The van der Waals surface area contributed by atoms with Crippen LogP contribution in [0.4, 0.5) is 0 Å². The molecule has 4 heteroatoms. The Labute approximate surface area is 115 Å². The van der Waals surface area contributed by atoms with Crippen LogP contribution in [0.2, 0.25) is 0 Å². The molecule has 2 N–H and O–H groups in total. The minimum atomic E-state index is -0.478.